The van der Waals surface area contributed by atoms with Crippen LogP contribution in [-0.4, -0.2) is 173 Å². The number of likely N-dealkylation sites (N-methyl/N-ethyl adjacent to an activating group) is 1. The molecule has 17 nitrogen and oxygen atoms in total. The van der Waals surface area contributed by atoms with Crippen LogP contribution in [0.15, 0.2) is 0 Å². The lowest BCUT2D eigenvalue weighted by molar-refractivity contribution is -0.331. The van der Waals surface area contributed by atoms with Gasteiger partial charge in [-0.05, 0) is 45.7 Å². The topological polar surface area (TPSA) is 293 Å². The van der Waals surface area contributed by atoms with E-state index < -0.39 is 91.2 Å². The Kier molecular flexibility index (Phi) is 12.7. The summed E-state index contributed by atoms with van der Waals surface area (Å²) in [5.74, 6) is 0.411. The highest BCUT2D eigenvalue weighted by Crippen LogP contribution is 2.33. The van der Waals surface area contributed by atoms with Crippen molar-refractivity contribution >= 4 is 0 Å². The SMILES string of the molecule is CN[C@@H]1[C@@H](O)[C@@H](O[C@H]2[C@H](NCC(O)CN)C[C@H](N)C(O[C@H]3O[C@H](CNCC4CC(N)C4)[C@@H](O)[C@H](O)[C@H]3O)[C@@H]2O)OC[C@]1(C)O. The van der Waals surface area contributed by atoms with E-state index in [0.29, 0.717) is 12.5 Å². The van der Waals surface area contributed by atoms with Gasteiger partial charge in [0.05, 0.1) is 18.8 Å². The van der Waals surface area contributed by atoms with Crippen LogP contribution < -0.4 is 33.2 Å². The normalized spacial score (nSPS) is 49.0. The van der Waals surface area contributed by atoms with E-state index in [0.717, 1.165) is 12.8 Å². The Morgan fingerprint density at radius 1 is 0.909 bits per heavy atom. The van der Waals surface area contributed by atoms with Crippen molar-refractivity contribution in [2.75, 3.05) is 39.8 Å². The Morgan fingerprint density at radius 3 is 2.23 bits per heavy atom. The van der Waals surface area contributed by atoms with Crippen molar-refractivity contribution in [2.45, 2.75) is 123 Å². The Balaban J connectivity index is 1.46. The number of aliphatic hydroxyl groups is 7. The van der Waals surface area contributed by atoms with Gasteiger partial charge in [0, 0.05) is 37.8 Å². The van der Waals surface area contributed by atoms with E-state index in [1.165, 1.54) is 6.92 Å². The molecule has 2 heterocycles. The molecule has 2 unspecified atom stereocenters. The number of rotatable bonds is 13. The standard InChI is InChI=1S/C27H54N6O11/c1-27(40)10-41-25(21(39)24(27)31-2)44-23-15(33-8-13(34)6-28)5-14(30)22(20(23)38)43-26-19(37)18(36)17(35)16(42-26)9-32-7-11-3-12(29)4-11/h11-26,31-40H,3-10,28-30H2,1-2H3/t11?,12?,13?,14-,15+,16+,17+,18-,19+,20-,21+,22?,23-,24+,25+,26+,27-/m0/s1. The van der Waals surface area contributed by atoms with Crippen molar-refractivity contribution in [1.82, 2.24) is 16.0 Å². The van der Waals surface area contributed by atoms with Gasteiger partial charge < -0.3 is 87.8 Å². The molecule has 0 aromatic carbocycles. The third-order valence-electron chi connectivity index (χ3n) is 9.35. The van der Waals surface area contributed by atoms with E-state index in [1.54, 1.807) is 7.05 Å². The van der Waals surface area contributed by atoms with Gasteiger partial charge in [-0.2, -0.15) is 0 Å². The zero-order valence-corrected chi connectivity index (χ0v) is 25.4. The molecule has 2 saturated heterocycles. The molecule has 0 spiro atoms. The van der Waals surface area contributed by atoms with Gasteiger partial charge in [0.15, 0.2) is 12.6 Å². The van der Waals surface area contributed by atoms with Gasteiger partial charge in [-0.1, -0.05) is 0 Å². The summed E-state index contributed by atoms with van der Waals surface area (Å²) >= 11 is 0. The summed E-state index contributed by atoms with van der Waals surface area (Å²) in [6.45, 7) is 2.22. The predicted octanol–water partition coefficient (Wildman–Crippen LogP) is -6.68. The maximum Gasteiger partial charge on any atom is 0.187 e. The molecule has 17 heteroatoms. The van der Waals surface area contributed by atoms with Crippen LogP contribution >= 0.6 is 0 Å². The second-order valence-electron chi connectivity index (χ2n) is 13.1. The molecule has 16 N–H and O–H groups in total. The predicted molar refractivity (Wildman–Crippen MR) is 155 cm³/mol. The summed E-state index contributed by atoms with van der Waals surface area (Å²) in [7, 11) is 1.58. The Bertz CT molecular complexity index is 891. The quantitative estimate of drug-likeness (QED) is 0.0892. The first-order valence-corrected chi connectivity index (χ1v) is 15.5. The minimum Gasteiger partial charge on any atom is -0.390 e. The highest BCUT2D eigenvalue weighted by molar-refractivity contribution is 5.03. The molecule has 44 heavy (non-hydrogen) atoms. The molecule has 2 saturated carbocycles. The largest absolute Gasteiger partial charge is 0.390 e. The fourth-order valence-corrected chi connectivity index (χ4v) is 6.62. The lowest BCUT2D eigenvalue weighted by Gasteiger charge is -2.49. The molecule has 15 atom stereocenters. The van der Waals surface area contributed by atoms with Gasteiger partial charge >= 0.3 is 0 Å². The van der Waals surface area contributed by atoms with Gasteiger partial charge in [-0.3, -0.25) is 0 Å². The highest BCUT2D eigenvalue weighted by atomic mass is 16.7. The van der Waals surface area contributed by atoms with Crippen LogP contribution in [0.5, 0.6) is 0 Å². The van der Waals surface area contributed by atoms with Crippen LogP contribution in [0.25, 0.3) is 0 Å². The van der Waals surface area contributed by atoms with E-state index in [4.69, 9.17) is 36.1 Å². The van der Waals surface area contributed by atoms with E-state index in [2.05, 4.69) is 16.0 Å². The van der Waals surface area contributed by atoms with Gasteiger partial charge in [-0.15, -0.1) is 0 Å². The maximum atomic E-state index is 11.6. The van der Waals surface area contributed by atoms with E-state index >= 15 is 0 Å². The average Bonchev–Trinajstić information content (AvgIpc) is 2.96. The molecule has 4 aliphatic rings. The summed E-state index contributed by atoms with van der Waals surface area (Å²) in [4.78, 5) is 0. The van der Waals surface area contributed by atoms with E-state index in [-0.39, 0.29) is 38.7 Å². The first-order valence-electron chi connectivity index (χ1n) is 15.5. The minimum absolute atomic E-state index is 0.00965. The van der Waals surface area contributed by atoms with Gasteiger partial charge in [0.2, 0.25) is 0 Å². The molecule has 0 amide bonds. The second-order valence-corrected chi connectivity index (χ2v) is 13.1. The molecular weight excluding hydrogens is 584 g/mol. The van der Waals surface area contributed by atoms with Crippen LogP contribution in [0.1, 0.15) is 26.2 Å². The lowest BCUT2D eigenvalue weighted by atomic mass is 9.81. The smallest absolute Gasteiger partial charge is 0.187 e. The second kappa shape index (κ2) is 15.5. The molecule has 2 aliphatic carbocycles. The molecule has 0 aromatic rings. The summed E-state index contributed by atoms with van der Waals surface area (Å²) in [5, 5.41) is 84.2. The highest BCUT2D eigenvalue weighted by Gasteiger charge is 2.53. The molecule has 4 rings (SSSR count). The van der Waals surface area contributed by atoms with Crippen molar-refractivity contribution < 1.29 is 54.7 Å². The van der Waals surface area contributed by atoms with E-state index in [1.807, 2.05) is 0 Å². The number of nitrogens with two attached hydrogens (primary N) is 3. The number of nitrogens with one attached hydrogen (secondary N) is 3. The molecule has 4 fully saturated rings. The fourth-order valence-electron chi connectivity index (χ4n) is 6.62. The monoisotopic (exact) mass is 638 g/mol. The zero-order valence-electron chi connectivity index (χ0n) is 25.4. The molecule has 0 bridgehead atoms. The van der Waals surface area contributed by atoms with E-state index in [9.17, 15) is 35.7 Å². The Hall–Kier alpha value is -0.680. The third kappa shape index (κ3) is 8.23. The molecule has 2 aliphatic heterocycles. The van der Waals surface area contributed by atoms with Crippen LogP contribution in [0.4, 0.5) is 0 Å². The molecule has 0 radical (unpaired) electrons. The minimum atomic E-state index is -1.65. The van der Waals surface area contributed by atoms with Crippen LogP contribution in [0.2, 0.25) is 0 Å². The van der Waals surface area contributed by atoms with Gasteiger partial charge in [-0.25, -0.2) is 0 Å². The van der Waals surface area contributed by atoms with Crippen LogP contribution in [0.3, 0.4) is 0 Å². The summed E-state index contributed by atoms with van der Waals surface area (Å²) in [6.07, 6.45) is -12.3. The molecular formula is C27H54N6O11. The van der Waals surface area contributed by atoms with Crippen molar-refractivity contribution in [3.63, 3.8) is 0 Å². The fraction of sp³-hybridized carbons (Fsp3) is 1.00. The average molecular weight is 639 g/mol. The molecule has 258 valence electrons. The lowest BCUT2D eigenvalue weighted by Crippen LogP contribution is -2.69. The number of aliphatic hydroxyl groups excluding tert-OH is 6. The zero-order chi connectivity index (χ0) is 32.3. The van der Waals surface area contributed by atoms with Crippen LogP contribution in [-0.2, 0) is 18.9 Å². The summed E-state index contributed by atoms with van der Waals surface area (Å²) in [6, 6.07) is -2.11. The third-order valence-corrected chi connectivity index (χ3v) is 9.35. The summed E-state index contributed by atoms with van der Waals surface area (Å²) < 4.78 is 23.6. The molecule has 0 aromatic heterocycles. The van der Waals surface area contributed by atoms with Crippen molar-refractivity contribution in [1.29, 1.82) is 0 Å². The van der Waals surface area contributed by atoms with Gasteiger partial charge in [0.25, 0.3) is 0 Å². The number of hydrogen-bond acceptors (Lipinski definition) is 17. The first kappa shape index (κ1) is 36.2. The van der Waals surface area contributed by atoms with Crippen molar-refractivity contribution in [3.8, 4) is 0 Å². The Labute approximate surface area is 257 Å². The van der Waals surface area contributed by atoms with Gasteiger partial charge in [0.1, 0.15) is 54.4 Å². The Morgan fingerprint density at radius 2 is 1.59 bits per heavy atom. The number of hydrogen-bond donors (Lipinski definition) is 13. The van der Waals surface area contributed by atoms with Crippen molar-refractivity contribution in [2.24, 2.45) is 23.1 Å². The first-order chi connectivity index (χ1) is 20.8. The van der Waals surface area contributed by atoms with Crippen molar-refractivity contribution in [3.05, 3.63) is 0 Å². The number of ether oxygens (including phenoxy) is 4. The van der Waals surface area contributed by atoms with Crippen LogP contribution in [0, 0.1) is 5.92 Å². The summed E-state index contributed by atoms with van der Waals surface area (Å²) in [5.41, 5.74) is 16.4. The maximum absolute atomic E-state index is 11.6.